The number of allylic oxidation sites excluding steroid dienone is 2. The Balaban J connectivity index is 2.25. The topological polar surface area (TPSA) is 123 Å². The summed E-state index contributed by atoms with van der Waals surface area (Å²) in [7, 11) is 1.73. The molecule has 1 heterocycles. The molecule has 45 heavy (non-hydrogen) atoms. The second-order valence-electron chi connectivity index (χ2n) is 13.1. The third-order valence-electron chi connectivity index (χ3n) is 9.00. The zero-order valence-corrected chi connectivity index (χ0v) is 28.4. The molecular formula is C37H56O8. The van der Waals surface area contributed by atoms with Gasteiger partial charge in [-0.3, -0.25) is 4.79 Å². The Bertz CT molecular complexity index is 1140. The Kier molecular flexibility index (Phi) is 15.7. The molecule has 10 unspecified atom stereocenters. The van der Waals surface area contributed by atoms with Crippen molar-refractivity contribution < 1.29 is 39.1 Å². The van der Waals surface area contributed by atoms with Gasteiger partial charge in [-0.25, -0.2) is 4.79 Å². The van der Waals surface area contributed by atoms with Crippen molar-refractivity contribution in [1.82, 2.24) is 0 Å². The molecule has 2 rings (SSSR count). The molecular weight excluding hydrogens is 572 g/mol. The molecule has 252 valence electrons. The van der Waals surface area contributed by atoms with Gasteiger partial charge >= 0.3 is 11.9 Å². The lowest BCUT2D eigenvalue weighted by Crippen LogP contribution is -2.42. The van der Waals surface area contributed by atoms with Crippen LogP contribution in [-0.4, -0.2) is 70.5 Å². The number of rotatable bonds is 12. The molecule has 8 nitrogen and oxygen atoms in total. The molecule has 0 saturated heterocycles. The minimum absolute atomic E-state index is 0.0823. The summed E-state index contributed by atoms with van der Waals surface area (Å²) in [5.41, 5.74) is -0.357. The van der Waals surface area contributed by atoms with Gasteiger partial charge in [-0.05, 0) is 75.1 Å². The SMILES string of the molecule is CCC(OC)C(C)CC(C)C(O)C(C)/C=C/C=C(\C)C1OC(=O)CC(O)CCC(C)(O)C(OC(=O)c2ccccc2)/C=C/C1C. The number of carbonyl (C=O) groups is 2. The highest BCUT2D eigenvalue weighted by Gasteiger charge is 2.35. The molecule has 0 amide bonds. The molecule has 0 aromatic heterocycles. The van der Waals surface area contributed by atoms with E-state index in [9.17, 15) is 24.9 Å². The lowest BCUT2D eigenvalue weighted by atomic mass is 9.84. The van der Waals surface area contributed by atoms with Gasteiger partial charge in [0.2, 0.25) is 0 Å². The summed E-state index contributed by atoms with van der Waals surface area (Å²) in [5, 5.41) is 32.8. The minimum atomic E-state index is -1.49. The number of aliphatic hydroxyl groups is 3. The maximum atomic E-state index is 12.9. The molecule has 0 spiro atoms. The third kappa shape index (κ3) is 12.2. The number of hydrogen-bond acceptors (Lipinski definition) is 8. The maximum absolute atomic E-state index is 12.9. The van der Waals surface area contributed by atoms with E-state index in [0.29, 0.717) is 11.5 Å². The molecule has 1 aliphatic rings. The number of cyclic esters (lactones) is 1. The van der Waals surface area contributed by atoms with Crippen LogP contribution in [0.2, 0.25) is 0 Å². The number of methoxy groups -OCH3 is 1. The quantitative estimate of drug-likeness (QED) is 0.142. The highest BCUT2D eigenvalue weighted by molar-refractivity contribution is 5.89. The Hall–Kier alpha value is -2.78. The van der Waals surface area contributed by atoms with Crippen LogP contribution in [0, 0.1) is 23.7 Å². The summed E-state index contributed by atoms with van der Waals surface area (Å²) in [6.07, 6.45) is 7.83. The van der Waals surface area contributed by atoms with E-state index in [4.69, 9.17) is 14.2 Å². The summed E-state index contributed by atoms with van der Waals surface area (Å²) in [5.74, 6) is -1.15. The maximum Gasteiger partial charge on any atom is 0.338 e. The molecule has 0 aliphatic carbocycles. The number of ether oxygens (including phenoxy) is 3. The smallest absolute Gasteiger partial charge is 0.338 e. The van der Waals surface area contributed by atoms with Crippen molar-refractivity contribution >= 4 is 11.9 Å². The highest BCUT2D eigenvalue weighted by atomic mass is 16.6. The Morgan fingerprint density at radius 1 is 1.16 bits per heavy atom. The zero-order chi connectivity index (χ0) is 33.7. The van der Waals surface area contributed by atoms with Gasteiger partial charge in [0, 0.05) is 18.9 Å². The average Bonchev–Trinajstić information content (AvgIpc) is 3.00. The van der Waals surface area contributed by atoms with Crippen molar-refractivity contribution in [2.24, 2.45) is 23.7 Å². The predicted molar refractivity (Wildman–Crippen MR) is 176 cm³/mol. The molecule has 1 aromatic carbocycles. The van der Waals surface area contributed by atoms with E-state index in [1.807, 2.05) is 39.0 Å². The second-order valence-corrected chi connectivity index (χ2v) is 13.1. The zero-order valence-electron chi connectivity index (χ0n) is 28.4. The fraction of sp³-hybridized carbons (Fsp3) is 0.622. The lowest BCUT2D eigenvalue weighted by Gasteiger charge is -2.32. The van der Waals surface area contributed by atoms with E-state index < -0.39 is 42.0 Å². The summed E-state index contributed by atoms with van der Waals surface area (Å²) < 4.78 is 17.2. The molecule has 0 fully saturated rings. The number of esters is 2. The molecule has 1 aromatic rings. The number of benzene rings is 1. The summed E-state index contributed by atoms with van der Waals surface area (Å²) in [6, 6.07) is 8.56. The van der Waals surface area contributed by atoms with Crippen LogP contribution in [0.5, 0.6) is 0 Å². The van der Waals surface area contributed by atoms with Crippen LogP contribution in [0.25, 0.3) is 0 Å². The van der Waals surface area contributed by atoms with Crippen LogP contribution in [0.15, 0.2) is 66.3 Å². The van der Waals surface area contributed by atoms with Crippen LogP contribution in [-0.2, 0) is 19.0 Å². The van der Waals surface area contributed by atoms with Gasteiger partial charge in [0.15, 0.2) is 0 Å². The van der Waals surface area contributed by atoms with Gasteiger partial charge in [0.05, 0.1) is 30.3 Å². The number of hydrogen-bond donors (Lipinski definition) is 3. The average molecular weight is 629 g/mol. The first-order valence-corrected chi connectivity index (χ1v) is 16.3. The first-order valence-electron chi connectivity index (χ1n) is 16.3. The van der Waals surface area contributed by atoms with Crippen molar-refractivity contribution in [1.29, 1.82) is 0 Å². The Morgan fingerprint density at radius 3 is 2.44 bits per heavy atom. The first-order chi connectivity index (χ1) is 21.2. The summed E-state index contributed by atoms with van der Waals surface area (Å²) >= 11 is 0. The van der Waals surface area contributed by atoms with Crippen molar-refractivity contribution in [3.8, 4) is 0 Å². The Morgan fingerprint density at radius 2 is 1.82 bits per heavy atom. The van der Waals surface area contributed by atoms with Gasteiger partial charge in [-0.1, -0.05) is 77.1 Å². The molecule has 0 radical (unpaired) electrons. The van der Waals surface area contributed by atoms with E-state index in [1.165, 1.54) is 0 Å². The van der Waals surface area contributed by atoms with Crippen LogP contribution >= 0.6 is 0 Å². The fourth-order valence-corrected chi connectivity index (χ4v) is 6.00. The van der Waals surface area contributed by atoms with E-state index in [1.54, 1.807) is 56.5 Å². The van der Waals surface area contributed by atoms with Crippen molar-refractivity contribution in [3.05, 3.63) is 71.8 Å². The normalized spacial score (nSPS) is 29.4. The summed E-state index contributed by atoms with van der Waals surface area (Å²) in [4.78, 5) is 25.7. The van der Waals surface area contributed by atoms with Crippen molar-refractivity contribution in [2.45, 2.75) is 117 Å². The number of carbonyl (C=O) groups excluding carboxylic acids is 2. The van der Waals surface area contributed by atoms with E-state index in [-0.39, 0.29) is 43.1 Å². The third-order valence-corrected chi connectivity index (χ3v) is 9.00. The van der Waals surface area contributed by atoms with Crippen LogP contribution in [0.3, 0.4) is 0 Å². The van der Waals surface area contributed by atoms with E-state index in [2.05, 4.69) is 20.8 Å². The second kappa shape index (κ2) is 18.4. The predicted octanol–water partition coefficient (Wildman–Crippen LogP) is 6.20. The molecule has 10 atom stereocenters. The van der Waals surface area contributed by atoms with E-state index in [0.717, 1.165) is 18.4 Å². The number of aliphatic hydroxyl groups excluding tert-OH is 2. The summed E-state index contributed by atoms with van der Waals surface area (Å²) in [6.45, 7) is 13.6. The fourth-order valence-electron chi connectivity index (χ4n) is 6.00. The standard InChI is InChI=1S/C37H56O8/c1-9-31(43-8)27(5)22-28(6)34(40)24(2)14-13-15-25(3)35-26(4)18-19-32(44-36(41)29-16-11-10-12-17-29)37(7,42)21-20-30(38)23-33(39)45-35/h10-19,24,26-28,30-32,34-35,38,40,42H,9,20-23H2,1-8H3/b14-13+,19-18+,25-15+. The van der Waals surface area contributed by atoms with Gasteiger partial charge in [0.25, 0.3) is 0 Å². The highest BCUT2D eigenvalue weighted by Crippen LogP contribution is 2.28. The molecule has 0 saturated carbocycles. The van der Waals surface area contributed by atoms with Crippen molar-refractivity contribution in [2.75, 3.05) is 7.11 Å². The molecule has 1 aliphatic heterocycles. The lowest BCUT2D eigenvalue weighted by molar-refractivity contribution is -0.151. The van der Waals surface area contributed by atoms with Crippen LogP contribution in [0.1, 0.15) is 90.9 Å². The van der Waals surface area contributed by atoms with Crippen LogP contribution < -0.4 is 0 Å². The molecule has 8 heteroatoms. The molecule has 3 N–H and O–H groups in total. The first kappa shape index (κ1) is 38.4. The van der Waals surface area contributed by atoms with Gasteiger partial charge in [-0.15, -0.1) is 0 Å². The minimum Gasteiger partial charge on any atom is -0.457 e. The largest absolute Gasteiger partial charge is 0.457 e. The van der Waals surface area contributed by atoms with Crippen molar-refractivity contribution in [3.63, 3.8) is 0 Å². The van der Waals surface area contributed by atoms with E-state index >= 15 is 0 Å². The van der Waals surface area contributed by atoms with Crippen LogP contribution in [0.4, 0.5) is 0 Å². The van der Waals surface area contributed by atoms with Gasteiger partial charge < -0.3 is 29.5 Å². The molecule has 0 bridgehead atoms. The monoisotopic (exact) mass is 628 g/mol. The van der Waals surface area contributed by atoms with Gasteiger partial charge in [-0.2, -0.15) is 0 Å². The van der Waals surface area contributed by atoms with Gasteiger partial charge in [0.1, 0.15) is 17.8 Å². The Labute approximate surface area is 270 Å².